The van der Waals surface area contributed by atoms with E-state index >= 15 is 0 Å². The van der Waals surface area contributed by atoms with E-state index in [4.69, 9.17) is 22.9 Å². The summed E-state index contributed by atoms with van der Waals surface area (Å²) in [5, 5.41) is 0. The molecule has 0 spiro atoms. The molecule has 1 aliphatic rings. The Kier molecular flexibility index (Phi) is 18.6. The van der Waals surface area contributed by atoms with E-state index in [1.807, 2.05) is 91.0 Å². The van der Waals surface area contributed by atoms with Gasteiger partial charge in [0.2, 0.25) is 0 Å². The molecule has 0 aliphatic heterocycles. The van der Waals surface area contributed by atoms with Crippen LogP contribution >= 0.6 is 16.4 Å². The first kappa shape index (κ1) is 38.6. The second kappa shape index (κ2) is 18.7. The average molecular weight is 638 g/mol. The van der Waals surface area contributed by atoms with Crippen molar-refractivity contribution in [1.82, 2.24) is 0 Å². The summed E-state index contributed by atoms with van der Waals surface area (Å²) in [7, 11) is -12.7. The van der Waals surface area contributed by atoms with Crippen molar-refractivity contribution in [3.63, 3.8) is 0 Å². The Morgan fingerprint density at radius 1 is 0.487 bits per heavy atom. The fraction of sp³-hybridized carbons (Fsp3) is 0.200. The molecule has 1 saturated carbocycles. The first-order valence-electron chi connectivity index (χ1n) is 10.9. The second-order valence-corrected chi connectivity index (χ2v) is 10.3. The van der Waals surface area contributed by atoms with Gasteiger partial charge in [0.05, 0.1) is 0 Å². The van der Waals surface area contributed by atoms with Crippen LogP contribution in [-0.4, -0.2) is 0 Å². The summed E-state index contributed by atoms with van der Waals surface area (Å²) in [5.41, 5.74) is 0. The van der Waals surface area contributed by atoms with E-state index < -0.39 is 16.4 Å². The minimum absolute atomic E-state index is 0. The minimum Gasteiger partial charge on any atom is -0.273 e. The molecule has 0 unspecified atom stereocenters. The number of para-hydroxylation sites is 3. The predicted octanol–water partition coefficient (Wildman–Crippen LogP) is 10.4. The number of hydrogen-bond donors (Lipinski definition) is 0. The zero-order chi connectivity index (χ0) is 29.0. The summed E-state index contributed by atoms with van der Waals surface area (Å²) in [6.07, 6.45) is 7.50. The van der Waals surface area contributed by atoms with Gasteiger partial charge in [-0.3, -0.25) is 13.6 Å². The molecule has 0 saturated heterocycles. The molecule has 0 amide bonds. The Labute approximate surface area is 235 Å². The molecule has 0 atom stereocenters. The normalized spacial score (nSPS) is 13.1. The fourth-order valence-corrected chi connectivity index (χ4v) is 3.81. The van der Waals surface area contributed by atoms with Crippen LogP contribution < -0.4 is 13.6 Å². The molecule has 0 bridgehead atoms. The smallest absolute Gasteiger partial charge is 0.273 e. The van der Waals surface area contributed by atoms with Gasteiger partial charge in [-0.2, -0.15) is 0 Å². The summed E-state index contributed by atoms with van der Waals surface area (Å²) in [5.74, 6) is 2.18. The molecule has 39 heavy (non-hydrogen) atoms. The summed E-state index contributed by atoms with van der Waals surface area (Å²) in [4.78, 5) is 0. The van der Waals surface area contributed by atoms with Gasteiger partial charge in [0, 0.05) is 17.1 Å². The molecule has 5 nitrogen and oxygen atoms in total. The quantitative estimate of drug-likeness (QED) is 0.0888. The average Bonchev–Trinajstić information content (AvgIpc) is 3.47. The van der Waals surface area contributed by atoms with Gasteiger partial charge < -0.3 is 0 Å². The summed E-state index contributed by atoms with van der Waals surface area (Å²) in [6, 6.07) is 28.6. The summed E-state index contributed by atoms with van der Waals surface area (Å²) < 4.78 is 91.8. The Morgan fingerprint density at radius 2 is 0.667 bits per heavy atom. The van der Waals surface area contributed by atoms with E-state index in [0.717, 1.165) is 17.2 Å². The fourth-order valence-electron chi connectivity index (χ4n) is 2.70. The molecule has 4 rings (SSSR count). The maximum absolute atomic E-state index is 10.7. The van der Waals surface area contributed by atoms with E-state index in [9.17, 15) is 25.2 Å². The van der Waals surface area contributed by atoms with Gasteiger partial charge >= 0.3 is 64.2 Å². The zero-order valence-electron chi connectivity index (χ0n) is 20.3. The molecule has 14 heteroatoms. The molecule has 0 heterocycles. The van der Waals surface area contributed by atoms with Crippen LogP contribution in [0.3, 0.4) is 0 Å². The molecule has 3 aromatic carbocycles. The number of rotatable bonds is 6. The third kappa shape index (κ3) is 26.9. The van der Waals surface area contributed by atoms with Crippen molar-refractivity contribution in [2.75, 3.05) is 0 Å². The Morgan fingerprint density at radius 3 is 0.846 bits per heavy atom. The third-order valence-electron chi connectivity index (χ3n) is 4.08. The van der Waals surface area contributed by atoms with Gasteiger partial charge in [-0.1, -0.05) is 86.7 Å². The summed E-state index contributed by atoms with van der Waals surface area (Å²) >= 11 is 0. The Hall–Kier alpha value is -2.50. The van der Waals surface area contributed by atoms with Crippen molar-refractivity contribution in [1.29, 1.82) is 0 Å². The van der Waals surface area contributed by atoms with Crippen molar-refractivity contribution >= 4 is 16.4 Å². The number of benzene rings is 3. The van der Waals surface area contributed by atoms with Crippen molar-refractivity contribution in [3.05, 3.63) is 104 Å². The van der Waals surface area contributed by atoms with Crippen molar-refractivity contribution in [2.45, 2.75) is 32.1 Å². The molecule has 216 valence electrons. The Bertz CT molecular complexity index is 931. The van der Waals surface area contributed by atoms with Crippen LogP contribution in [0.25, 0.3) is 0 Å². The molecule has 1 fully saturated rings. The van der Waals surface area contributed by atoms with E-state index in [0.29, 0.717) is 0 Å². The monoisotopic (exact) mass is 638 g/mol. The molecule has 0 aromatic heterocycles. The van der Waals surface area contributed by atoms with E-state index in [1.165, 1.54) is 32.1 Å². The molecule has 0 N–H and O–H groups in total. The van der Waals surface area contributed by atoms with E-state index in [2.05, 4.69) is 13.3 Å². The maximum Gasteiger partial charge on any atom is 0.528 e. The van der Waals surface area contributed by atoms with Crippen molar-refractivity contribution < 1.29 is 65.1 Å². The van der Waals surface area contributed by atoms with Crippen LogP contribution in [-0.2, 0) is 26.4 Å². The van der Waals surface area contributed by atoms with Crippen LogP contribution in [0, 0.1) is 13.3 Å². The van der Waals surface area contributed by atoms with E-state index in [1.54, 1.807) is 0 Å². The van der Waals surface area contributed by atoms with Crippen molar-refractivity contribution in [2.24, 2.45) is 0 Å². The maximum atomic E-state index is 9.87. The first-order valence-corrected chi connectivity index (χ1v) is 14.1. The van der Waals surface area contributed by atoms with Gasteiger partial charge in [-0.15, -0.1) is 0 Å². The van der Waals surface area contributed by atoms with Gasteiger partial charge in [0.25, 0.3) is 0 Å². The SMILES string of the molecule is C1CCCC1.F[P-](F)(F)(F)(F)F.[C-]#[O+].[C-]#[O+].[Fe].c1ccc(O[PH+](Oc2ccccc2)Oc2ccccc2)cc1. The molecular weight excluding hydrogens is 612 g/mol. The topological polar surface area (TPSA) is 67.5 Å². The van der Waals surface area contributed by atoms with Crippen LogP contribution in [0.4, 0.5) is 25.2 Å². The predicted molar refractivity (Wildman–Crippen MR) is 134 cm³/mol. The summed E-state index contributed by atoms with van der Waals surface area (Å²) in [6.45, 7) is 9.00. The standard InChI is InChI=1S/C18H16O3P.C5H10.2CO.F6P.Fe/c1-4-10-16(11-5-1)19-22(20-17-12-6-2-7-13-17)21-18-14-8-3-9-15-18;1-2-4-5-3-1;2*1-2;1-7(2,3,4,5)6;/h1-15,22H;1-5H2;;;;/q+1;;;;-1;. The number of hydrogen-bond acceptors (Lipinski definition) is 3. The van der Waals surface area contributed by atoms with E-state index in [-0.39, 0.29) is 17.1 Å². The van der Waals surface area contributed by atoms with Crippen LogP contribution in [0.2, 0.25) is 0 Å². The molecule has 3 aromatic rings. The number of halogens is 6. The van der Waals surface area contributed by atoms with Crippen LogP contribution in [0.1, 0.15) is 32.1 Å². The molecule has 0 radical (unpaired) electrons. The minimum atomic E-state index is -10.7. The van der Waals surface area contributed by atoms with Crippen LogP contribution in [0.15, 0.2) is 91.0 Å². The van der Waals surface area contributed by atoms with Gasteiger partial charge in [-0.05, 0) is 36.4 Å². The first-order chi connectivity index (χ1) is 17.8. The molecular formula is C25H26F6FeO5P2. The van der Waals surface area contributed by atoms with Crippen LogP contribution in [0.5, 0.6) is 17.2 Å². The van der Waals surface area contributed by atoms with Gasteiger partial charge in [-0.25, -0.2) is 0 Å². The van der Waals surface area contributed by atoms with Gasteiger partial charge in [0.1, 0.15) is 0 Å². The largest absolute Gasteiger partial charge is 0.528 e. The zero-order valence-corrected chi connectivity index (χ0v) is 23.3. The molecule has 1 aliphatic carbocycles. The third-order valence-corrected chi connectivity index (χ3v) is 5.29. The van der Waals surface area contributed by atoms with Crippen molar-refractivity contribution in [3.8, 4) is 17.2 Å². The second-order valence-electron chi connectivity index (χ2n) is 7.22. The van der Waals surface area contributed by atoms with Gasteiger partial charge in [0.15, 0.2) is 17.2 Å². The Balaban J connectivity index is 0.